The second kappa shape index (κ2) is 8.97. The molecule has 2 aromatic rings. The van der Waals surface area contributed by atoms with Crippen molar-refractivity contribution in [2.75, 3.05) is 36.4 Å². The van der Waals surface area contributed by atoms with E-state index in [0.717, 1.165) is 12.8 Å². The molecule has 3 N–H and O–H groups in total. The molecular weight excluding hydrogens is 456 g/mol. The second-order valence-electron chi connectivity index (χ2n) is 7.66. The van der Waals surface area contributed by atoms with Gasteiger partial charge in [0, 0.05) is 13.1 Å². The molecule has 0 bridgehead atoms. The minimum Gasteiger partial charge on any atom is -0.477 e. The second-order valence-corrected chi connectivity index (χ2v) is 10.0. The normalized spacial score (nSPS) is 18.7. The van der Waals surface area contributed by atoms with Crippen LogP contribution in [0.3, 0.4) is 0 Å². The van der Waals surface area contributed by atoms with Gasteiger partial charge in [-0.3, -0.25) is 9.59 Å². The molecule has 0 aromatic heterocycles. The van der Waals surface area contributed by atoms with E-state index in [9.17, 15) is 18.0 Å². The number of anilines is 2. The van der Waals surface area contributed by atoms with Gasteiger partial charge in [0.05, 0.1) is 34.4 Å². The molecule has 0 saturated carbocycles. The van der Waals surface area contributed by atoms with Gasteiger partial charge in [-0.2, -0.15) is 4.31 Å². The number of amides is 2. The van der Waals surface area contributed by atoms with Crippen LogP contribution in [0.5, 0.6) is 5.75 Å². The van der Waals surface area contributed by atoms with Crippen LogP contribution in [0, 0.1) is 0 Å². The summed E-state index contributed by atoms with van der Waals surface area (Å²) < 4.78 is 32.7. The number of halogens is 1. The predicted octanol–water partition coefficient (Wildman–Crippen LogP) is 1.82. The summed E-state index contributed by atoms with van der Waals surface area (Å²) in [7, 11) is -3.65. The zero-order chi connectivity index (χ0) is 22.9. The Morgan fingerprint density at radius 3 is 2.59 bits per heavy atom. The fourth-order valence-electron chi connectivity index (χ4n) is 3.81. The number of carbonyl (C=O) groups excluding carboxylic acids is 2. The lowest BCUT2D eigenvalue weighted by Crippen LogP contribution is -2.49. The fourth-order valence-corrected chi connectivity index (χ4v) is 5.51. The maximum Gasteiger partial charge on any atom is 0.260 e. The quantitative estimate of drug-likeness (QED) is 0.653. The Hall–Kier alpha value is -2.82. The molecule has 32 heavy (non-hydrogen) atoms. The molecule has 170 valence electrons. The summed E-state index contributed by atoms with van der Waals surface area (Å²) >= 11 is 6.22. The van der Waals surface area contributed by atoms with E-state index >= 15 is 0 Å². The molecule has 1 saturated heterocycles. The maximum absolute atomic E-state index is 12.8. The zero-order valence-corrected chi connectivity index (χ0v) is 18.7. The Labute approximate surface area is 191 Å². The third kappa shape index (κ3) is 4.52. The number of para-hydroxylation sites is 2. The number of primary amides is 1. The third-order valence-corrected chi connectivity index (χ3v) is 7.65. The van der Waals surface area contributed by atoms with Gasteiger partial charge in [-0.05, 0) is 43.2 Å². The molecule has 2 heterocycles. The van der Waals surface area contributed by atoms with Crippen molar-refractivity contribution in [1.29, 1.82) is 0 Å². The molecule has 1 atom stereocenters. The van der Waals surface area contributed by atoms with E-state index < -0.39 is 27.9 Å². The largest absolute Gasteiger partial charge is 0.477 e. The summed E-state index contributed by atoms with van der Waals surface area (Å²) in [5, 5.41) is 2.90. The highest BCUT2D eigenvalue weighted by Crippen LogP contribution is 2.33. The van der Waals surface area contributed by atoms with E-state index in [4.69, 9.17) is 22.1 Å². The van der Waals surface area contributed by atoms with Crippen molar-refractivity contribution in [1.82, 2.24) is 4.31 Å². The minimum absolute atomic E-state index is 0.0737. The molecule has 2 aromatic carbocycles. The summed E-state index contributed by atoms with van der Waals surface area (Å²) in [6.45, 7) is 0.953. The molecule has 2 aliphatic rings. The molecule has 2 amide bonds. The highest BCUT2D eigenvalue weighted by molar-refractivity contribution is 7.89. The van der Waals surface area contributed by atoms with Crippen LogP contribution in [0.2, 0.25) is 5.02 Å². The number of benzene rings is 2. The third-order valence-electron chi connectivity index (χ3n) is 5.43. The Morgan fingerprint density at radius 1 is 1.16 bits per heavy atom. The highest BCUT2D eigenvalue weighted by Gasteiger charge is 2.31. The molecular formula is C21H23ClN4O5S. The molecule has 2 aliphatic heterocycles. The van der Waals surface area contributed by atoms with E-state index in [-0.39, 0.29) is 28.7 Å². The zero-order valence-electron chi connectivity index (χ0n) is 17.2. The summed E-state index contributed by atoms with van der Waals surface area (Å²) in [5.41, 5.74) is 6.25. The molecule has 11 heteroatoms. The van der Waals surface area contributed by atoms with Gasteiger partial charge in [0.1, 0.15) is 5.75 Å². The first-order valence-electron chi connectivity index (χ1n) is 10.2. The van der Waals surface area contributed by atoms with Crippen LogP contribution in [0.15, 0.2) is 47.4 Å². The lowest BCUT2D eigenvalue weighted by atomic mass is 10.1. The summed E-state index contributed by atoms with van der Waals surface area (Å²) in [6, 6.07) is 11.3. The van der Waals surface area contributed by atoms with E-state index in [2.05, 4.69) is 5.32 Å². The fraction of sp³-hybridized carbons (Fsp3) is 0.333. The van der Waals surface area contributed by atoms with Gasteiger partial charge in [0.25, 0.3) is 5.91 Å². The van der Waals surface area contributed by atoms with Crippen molar-refractivity contribution >= 4 is 44.8 Å². The monoisotopic (exact) mass is 478 g/mol. The number of carbonyl (C=O) groups is 2. The molecule has 4 rings (SSSR count). The number of nitrogens with two attached hydrogens (primary N) is 1. The van der Waals surface area contributed by atoms with Gasteiger partial charge < -0.3 is 20.7 Å². The summed E-state index contributed by atoms with van der Waals surface area (Å²) in [4.78, 5) is 26.2. The van der Waals surface area contributed by atoms with Crippen LogP contribution >= 0.6 is 11.6 Å². The van der Waals surface area contributed by atoms with Gasteiger partial charge in [0.2, 0.25) is 15.9 Å². The SMILES string of the molecule is NC(=O)C1CN(CC(=O)Nc2cc(S(=O)(=O)N3CCCC3)ccc2Cl)c2ccccc2O1. The number of nitrogens with one attached hydrogen (secondary N) is 1. The van der Waals surface area contributed by atoms with Crippen molar-refractivity contribution in [2.24, 2.45) is 5.73 Å². The highest BCUT2D eigenvalue weighted by atomic mass is 35.5. The predicted molar refractivity (Wildman–Crippen MR) is 120 cm³/mol. The number of nitrogens with zero attached hydrogens (tertiary/aromatic N) is 2. The van der Waals surface area contributed by atoms with Crippen molar-refractivity contribution in [3.8, 4) is 5.75 Å². The van der Waals surface area contributed by atoms with Crippen LogP contribution in [-0.4, -0.2) is 56.8 Å². The lowest BCUT2D eigenvalue weighted by Gasteiger charge is -2.34. The number of rotatable bonds is 6. The van der Waals surface area contributed by atoms with E-state index in [1.807, 2.05) is 0 Å². The average Bonchev–Trinajstić information content (AvgIpc) is 3.31. The van der Waals surface area contributed by atoms with E-state index in [1.165, 1.54) is 22.5 Å². The molecule has 1 fully saturated rings. The standard InChI is InChI=1S/C21H23ClN4O5S/c22-15-8-7-14(32(29,30)26-9-3-4-10-26)11-16(15)24-20(27)13-25-12-19(21(23)28)31-18-6-2-1-5-17(18)25/h1-2,5-8,11,19H,3-4,9-10,12-13H2,(H2,23,28)(H,24,27). The number of sulfonamides is 1. The Kier molecular flexibility index (Phi) is 6.27. The first-order chi connectivity index (χ1) is 15.3. The Morgan fingerprint density at radius 2 is 1.88 bits per heavy atom. The first-order valence-corrected chi connectivity index (χ1v) is 12.0. The molecule has 0 aliphatic carbocycles. The van der Waals surface area contributed by atoms with Crippen LogP contribution in [0.25, 0.3) is 0 Å². The van der Waals surface area contributed by atoms with Crippen LogP contribution in [0.1, 0.15) is 12.8 Å². The van der Waals surface area contributed by atoms with Gasteiger partial charge in [-0.15, -0.1) is 0 Å². The first kappa shape index (κ1) is 22.4. The Bertz CT molecular complexity index is 1150. The summed E-state index contributed by atoms with van der Waals surface area (Å²) in [6.07, 6.45) is 0.753. The number of fused-ring (bicyclic) bond motifs is 1. The number of hydrogen-bond donors (Lipinski definition) is 2. The van der Waals surface area contributed by atoms with Crippen molar-refractivity contribution in [3.63, 3.8) is 0 Å². The lowest BCUT2D eigenvalue weighted by molar-refractivity contribution is -0.125. The molecule has 0 spiro atoms. The minimum atomic E-state index is -3.65. The topological polar surface area (TPSA) is 122 Å². The van der Waals surface area contributed by atoms with Crippen LogP contribution in [0.4, 0.5) is 11.4 Å². The summed E-state index contributed by atoms with van der Waals surface area (Å²) in [5.74, 6) is -0.609. The molecule has 1 unspecified atom stereocenters. The van der Waals surface area contributed by atoms with Crippen LogP contribution in [-0.2, 0) is 19.6 Å². The molecule has 0 radical (unpaired) electrons. The smallest absolute Gasteiger partial charge is 0.260 e. The van der Waals surface area contributed by atoms with Gasteiger partial charge >= 0.3 is 0 Å². The van der Waals surface area contributed by atoms with E-state index in [0.29, 0.717) is 24.5 Å². The van der Waals surface area contributed by atoms with Gasteiger partial charge in [0.15, 0.2) is 6.10 Å². The maximum atomic E-state index is 12.8. The van der Waals surface area contributed by atoms with Crippen molar-refractivity contribution < 1.29 is 22.7 Å². The number of ether oxygens (including phenoxy) is 1. The van der Waals surface area contributed by atoms with E-state index in [1.54, 1.807) is 29.2 Å². The van der Waals surface area contributed by atoms with Crippen molar-refractivity contribution in [3.05, 3.63) is 47.5 Å². The van der Waals surface area contributed by atoms with Gasteiger partial charge in [-0.1, -0.05) is 23.7 Å². The average molecular weight is 479 g/mol. The molecule has 9 nitrogen and oxygen atoms in total. The number of hydrogen-bond acceptors (Lipinski definition) is 6. The van der Waals surface area contributed by atoms with Gasteiger partial charge in [-0.25, -0.2) is 8.42 Å². The Balaban J connectivity index is 1.53. The van der Waals surface area contributed by atoms with Crippen LogP contribution < -0.4 is 20.7 Å². The van der Waals surface area contributed by atoms with Crippen molar-refractivity contribution in [2.45, 2.75) is 23.8 Å².